The Morgan fingerprint density at radius 1 is 1.05 bits per heavy atom. The van der Waals surface area contributed by atoms with Crippen LogP contribution < -0.4 is 5.56 Å². The number of aromatic nitrogens is 2. The molecule has 3 aromatic rings. The molecule has 1 heterocycles. The Hall–Kier alpha value is -2.88. The van der Waals surface area contributed by atoms with Crippen molar-refractivity contribution in [3.63, 3.8) is 0 Å². The van der Waals surface area contributed by atoms with Gasteiger partial charge >= 0.3 is 0 Å². The molecule has 0 spiro atoms. The van der Waals surface area contributed by atoms with Crippen molar-refractivity contribution in [2.45, 2.75) is 13.5 Å². The summed E-state index contributed by atoms with van der Waals surface area (Å²) in [5.74, 6) is 0.222. The highest BCUT2D eigenvalue weighted by Crippen LogP contribution is 2.24. The van der Waals surface area contributed by atoms with E-state index in [1.165, 1.54) is 10.7 Å². The SMILES string of the molecule is Cc1ccc(-c2ccc(=O)n(Cc3ccccc3)n2)cc1O. The van der Waals surface area contributed by atoms with Crippen molar-refractivity contribution < 1.29 is 5.11 Å². The van der Waals surface area contributed by atoms with Crippen molar-refractivity contribution in [3.8, 4) is 17.0 Å². The number of hydrogen-bond acceptors (Lipinski definition) is 3. The topological polar surface area (TPSA) is 55.1 Å². The molecule has 110 valence electrons. The van der Waals surface area contributed by atoms with Crippen LogP contribution in [0, 0.1) is 6.92 Å². The standard InChI is InChI=1S/C18H16N2O2/c1-13-7-8-15(11-17(13)21)16-9-10-18(22)20(19-16)12-14-5-3-2-4-6-14/h2-11,21H,12H2,1H3. The van der Waals surface area contributed by atoms with E-state index < -0.39 is 0 Å². The lowest BCUT2D eigenvalue weighted by molar-refractivity contribution is 0.471. The minimum absolute atomic E-state index is 0.149. The van der Waals surface area contributed by atoms with Crippen molar-refractivity contribution in [2.75, 3.05) is 0 Å². The zero-order valence-corrected chi connectivity index (χ0v) is 12.2. The number of aromatic hydroxyl groups is 1. The second kappa shape index (κ2) is 5.85. The van der Waals surface area contributed by atoms with Gasteiger partial charge in [0.05, 0.1) is 12.2 Å². The van der Waals surface area contributed by atoms with Crippen LogP contribution in [0.15, 0.2) is 65.5 Å². The molecule has 0 amide bonds. The highest BCUT2D eigenvalue weighted by Gasteiger charge is 2.06. The summed E-state index contributed by atoms with van der Waals surface area (Å²) in [5, 5.41) is 14.2. The van der Waals surface area contributed by atoms with Gasteiger partial charge in [0.15, 0.2) is 0 Å². The third-order valence-electron chi connectivity index (χ3n) is 3.55. The molecule has 0 saturated carbocycles. The number of nitrogens with zero attached hydrogens (tertiary/aromatic N) is 2. The molecule has 0 atom stereocenters. The zero-order valence-electron chi connectivity index (χ0n) is 12.2. The van der Waals surface area contributed by atoms with E-state index >= 15 is 0 Å². The lowest BCUT2D eigenvalue weighted by atomic mass is 10.1. The van der Waals surface area contributed by atoms with Crippen molar-refractivity contribution in [3.05, 3.63) is 82.1 Å². The van der Waals surface area contributed by atoms with Crippen LogP contribution in [0.2, 0.25) is 0 Å². The number of phenolic OH excluding ortho intramolecular Hbond substituents is 1. The molecular formula is C18H16N2O2. The fourth-order valence-corrected chi connectivity index (χ4v) is 2.24. The highest BCUT2D eigenvalue weighted by atomic mass is 16.3. The van der Waals surface area contributed by atoms with Crippen LogP contribution in [0.25, 0.3) is 11.3 Å². The number of phenols is 1. The zero-order chi connectivity index (χ0) is 15.5. The summed E-state index contributed by atoms with van der Waals surface area (Å²) in [5.41, 5.74) is 3.11. The Morgan fingerprint density at radius 2 is 1.82 bits per heavy atom. The first kappa shape index (κ1) is 14.1. The molecule has 1 aromatic heterocycles. The van der Waals surface area contributed by atoms with Gasteiger partial charge in [0.1, 0.15) is 5.75 Å². The van der Waals surface area contributed by atoms with Gasteiger partial charge in [-0.1, -0.05) is 42.5 Å². The van der Waals surface area contributed by atoms with Crippen LogP contribution in [-0.2, 0) is 6.54 Å². The first-order valence-electron chi connectivity index (χ1n) is 7.05. The van der Waals surface area contributed by atoms with Gasteiger partial charge in [-0.3, -0.25) is 4.79 Å². The molecular weight excluding hydrogens is 276 g/mol. The van der Waals surface area contributed by atoms with E-state index in [0.29, 0.717) is 12.2 Å². The van der Waals surface area contributed by atoms with Crippen molar-refractivity contribution in [1.82, 2.24) is 9.78 Å². The van der Waals surface area contributed by atoms with Crippen molar-refractivity contribution in [1.29, 1.82) is 0 Å². The summed E-state index contributed by atoms with van der Waals surface area (Å²) in [6, 6.07) is 18.3. The molecule has 1 N–H and O–H groups in total. The molecule has 4 heteroatoms. The van der Waals surface area contributed by atoms with E-state index in [1.54, 1.807) is 12.1 Å². The Bertz CT molecular complexity index is 854. The van der Waals surface area contributed by atoms with Crippen molar-refractivity contribution in [2.24, 2.45) is 0 Å². The fourth-order valence-electron chi connectivity index (χ4n) is 2.24. The van der Waals surface area contributed by atoms with E-state index in [1.807, 2.05) is 49.4 Å². The average Bonchev–Trinajstić information content (AvgIpc) is 2.53. The van der Waals surface area contributed by atoms with Crippen LogP contribution in [0.5, 0.6) is 5.75 Å². The first-order chi connectivity index (χ1) is 10.6. The third-order valence-corrected chi connectivity index (χ3v) is 3.55. The van der Waals surface area contributed by atoms with E-state index in [9.17, 15) is 9.90 Å². The summed E-state index contributed by atoms with van der Waals surface area (Å²) in [7, 11) is 0. The Morgan fingerprint density at radius 3 is 2.55 bits per heavy atom. The largest absolute Gasteiger partial charge is 0.508 e. The maximum Gasteiger partial charge on any atom is 0.267 e. The molecule has 0 aliphatic heterocycles. The predicted molar refractivity (Wildman–Crippen MR) is 85.9 cm³/mol. The van der Waals surface area contributed by atoms with Gasteiger partial charge in [0, 0.05) is 11.6 Å². The summed E-state index contributed by atoms with van der Waals surface area (Å²) in [6.07, 6.45) is 0. The van der Waals surface area contributed by atoms with Crippen molar-refractivity contribution >= 4 is 0 Å². The van der Waals surface area contributed by atoms with Gasteiger partial charge in [-0.05, 0) is 30.2 Å². The van der Waals surface area contributed by atoms with Gasteiger partial charge in [-0.15, -0.1) is 0 Å². The Labute approximate surface area is 128 Å². The molecule has 4 nitrogen and oxygen atoms in total. The van der Waals surface area contributed by atoms with E-state index in [0.717, 1.165) is 16.7 Å². The molecule has 0 saturated heterocycles. The van der Waals surface area contributed by atoms with Gasteiger partial charge in [0.25, 0.3) is 5.56 Å². The third kappa shape index (κ3) is 2.91. The lowest BCUT2D eigenvalue weighted by Crippen LogP contribution is -2.22. The van der Waals surface area contributed by atoms with E-state index in [4.69, 9.17) is 0 Å². The molecule has 0 bridgehead atoms. The molecule has 0 unspecified atom stereocenters. The van der Waals surface area contributed by atoms with Gasteiger partial charge < -0.3 is 5.11 Å². The second-order valence-corrected chi connectivity index (χ2v) is 5.20. The summed E-state index contributed by atoms with van der Waals surface area (Å²) < 4.78 is 1.43. The van der Waals surface area contributed by atoms with Crippen LogP contribution in [-0.4, -0.2) is 14.9 Å². The minimum atomic E-state index is -0.149. The monoisotopic (exact) mass is 292 g/mol. The fraction of sp³-hybridized carbons (Fsp3) is 0.111. The molecule has 22 heavy (non-hydrogen) atoms. The minimum Gasteiger partial charge on any atom is -0.508 e. The van der Waals surface area contributed by atoms with Crippen LogP contribution in [0.3, 0.4) is 0 Å². The average molecular weight is 292 g/mol. The van der Waals surface area contributed by atoms with Gasteiger partial charge in [0.2, 0.25) is 0 Å². The van der Waals surface area contributed by atoms with Gasteiger partial charge in [-0.25, -0.2) is 4.68 Å². The molecule has 3 rings (SSSR count). The number of benzene rings is 2. The smallest absolute Gasteiger partial charge is 0.267 e. The second-order valence-electron chi connectivity index (χ2n) is 5.20. The highest BCUT2D eigenvalue weighted by molar-refractivity contribution is 5.61. The summed E-state index contributed by atoms with van der Waals surface area (Å²) >= 11 is 0. The van der Waals surface area contributed by atoms with Gasteiger partial charge in [-0.2, -0.15) is 5.10 Å². The quantitative estimate of drug-likeness (QED) is 0.807. The normalized spacial score (nSPS) is 10.6. The van der Waals surface area contributed by atoms with Crippen LogP contribution >= 0.6 is 0 Å². The molecule has 0 radical (unpaired) electrons. The number of aryl methyl sites for hydroxylation is 1. The van der Waals surface area contributed by atoms with E-state index in [2.05, 4.69) is 5.10 Å². The number of rotatable bonds is 3. The Balaban J connectivity index is 1.99. The maximum atomic E-state index is 12.0. The predicted octanol–water partition coefficient (Wildman–Crippen LogP) is 2.97. The van der Waals surface area contributed by atoms with Crippen LogP contribution in [0.1, 0.15) is 11.1 Å². The van der Waals surface area contributed by atoms with E-state index in [-0.39, 0.29) is 11.3 Å². The Kier molecular flexibility index (Phi) is 3.74. The first-order valence-corrected chi connectivity index (χ1v) is 7.05. The van der Waals surface area contributed by atoms with Crippen LogP contribution in [0.4, 0.5) is 0 Å². The molecule has 2 aromatic carbocycles. The molecule has 0 aliphatic rings. The lowest BCUT2D eigenvalue weighted by Gasteiger charge is -2.08. The maximum absolute atomic E-state index is 12.0. The number of hydrogen-bond donors (Lipinski definition) is 1. The molecule has 0 aliphatic carbocycles. The summed E-state index contributed by atoms with van der Waals surface area (Å²) in [6.45, 7) is 2.26. The summed E-state index contributed by atoms with van der Waals surface area (Å²) in [4.78, 5) is 12.0. The molecule has 0 fully saturated rings.